The number of anilines is 1. The van der Waals surface area contributed by atoms with Crippen molar-refractivity contribution in [3.05, 3.63) is 28.2 Å². The van der Waals surface area contributed by atoms with Gasteiger partial charge in [-0.05, 0) is 38.1 Å². The number of hydrogen-bond donors (Lipinski definition) is 2. The second kappa shape index (κ2) is 8.80. The highest BCUT2D eigenvalue weighted by molar-refractivity contribution is 7.90. The van der Waals surface area contributed by atoms with E-state index in [1.807, 2.05) is 0 Å². The lowest BCUT2D eigenvalue weighted by Crippen LogP contribution is -2.34. The van der Waals surface area contributed by atoms with Gasteiger partial charge in [-0.2, -0.15) is 12.7 Å². The molecule has 0 aromatic heterocycles. The van der Waals surface area contributed by atoms with Gasteiger partial charge in [0, 0.05) is 13.6 Å². The van der Waals surface area contributed by atoms with Crippen LogP contribution >= 0.6 is 23.2 Å². The normalized spacial score (nSPS) is 11.9. The van der Waals surface area contributed by atoms with Gasteiger partial charge < -0.3 is 5.32 Å². The summed E-state index contributed by atoms with van der Waals surface area (Å²) in [6, 6.07) is 4.81. The summed E-state index contributed by atoms with van der Waals surface area (Å²) < 4.78 is 28.1. The van der Waals surface area contributed by atoms with Crippen molar-refractivity contribution in [3.63, 3.8) is 0 Å². The van der Waals surface area contributed by atoms with E-state index in [-0.39, 0.29) is 10.7 Å². The van der Waals surface area contributed by atoms with Crippen molar-refractivity contribution in [1.29, 1.82) is 0 Å². The monoisotopic (exact) mass is 353 g/mol. The van der Waals surface area contributed by atoms with Gasteiger partial charge >= 0.3 is 10.2 Å². The second-order valence-corrected chi connectivity index (χ2v) is 7.20. The Morgan fingerprint density at radius 1 is 1.24 bits per heavy atom. The largest absolute Gasteiger partial charge is 0.317 e. The molecule has 0 heterocycles. The fraction of sp³-hybridized carbons (Fsp3) is 0.538. The highest BCUT2D eigenvalue weighted by atomic mass is 35.5. The van der Waals surface area contributed by atoms with Gasteiger partial charge in [0.1, 0.15) is 0 Å². The summed E-state index contributed by atoms with van der Waals surface area (Å²) in [5.74, 6) is 0. The molecule has 8 heteroatoms. The van der Waals surface area contributed by atoms with Gasteiger partial charge in [0.2, 0.25) is 0 Å². The number of halogens is 2. The predicted octanol–water partition coefficient (Wildman–Crippen LogP) is 2.97. The summed E-state index contributed by atoms with van der Waals surface area (Å²) in [6.07, 6.45) is 1.80. The molecule has 0 radical (unpaired) electrons. The van der Waals surface area contributed by atoms with Crippen LogP contribution in [0, 0.1) is 0 Å². The highest BCUT2D eigenvalue weighted by Crippen LogP contribution is 2.30. The molecule has 0 bridgehead atoms. The van der Waals surface area contributed by atoms with Crippen LogP contribution in [-0.4, -0.2) is 39.4 Å². The molecule has 0 fully saturated rings. The van der Waals surface area contributed by atoms with Crippen LogP contribution in [0.5, 0.6) is 0 Å². The summed E-state index contributed by atoms with van der Waals surface area (Å²) >= 11 is 11.8. The molecular weight excluding hydrogens is 333 g/mol. The molecule has 0 atom stereocenters. The van der Waals surface area contributed by atoms with Crippen LogP contribution in [0.25, 0.3) is 0 Å². The number of nitrogens with one attached hydrogen (secondary N) is 2. The molecule has 1 aromatic rings. The van der Waals surface area contributed by atoms with Gasteiger partial charge in [-0.25, -0.2) is 0 Å². The molecule has 1 rings (SSSR count). The molecule has 2 N–H and O–H groups in total. The van der Waals surface area contributed by atoms with Crippen molar-refractivity contribution in [2.24, 2.45) is 0 Å². The van der Waals surface area contributed by atoms with Gasteiger partial charge in [0.05, 0.1) is 15.7 Å². The Balaban J connectivity index is 2.58. The molecule has 0 amide bonds. The molecule has 0 aliphatic rings. The Kier molecular flexibility index (Phi) is 7.76. The zero-order chi connectivity index (χ0) is 15.9. The van der Waals surface area contributed by atoms with Gasteiger partial charge in [-0.3, -0.25) is 4.72 Å². The van der Waals surface area contributed by atoms with Crippen LogP contribution in [0.1, 0.15) is 19.8 Å². The van der Waals surface area contributed by atoms with E-state index >= 15 is 0 Å². The average Bonchev–Trinajstić information content (AvgIpc) is 2.43. The van der Waals surface area contributed by atoms with Gasteiger partial charge in [-0.1, -0.05) is 36.2 Å². The standard InChI is InChI=1S/C13H21Cl2N3O2S/c1-3-8-16-9-5-10-18(2)21(19,20)17-12-7-4-6-11(14)13(12)15/h4,6-7,16-17H,3,5,8-10H2,1-2H3. The van der Waals surface area contributed by atoms with Crippen molar-refractivity contribution >= 4 is 39.1 Å². The topological polar surface area (TPSA) is 61.4 Å². The third-order valence-electron chi connectivity index (χ3n) is 2.85. The van der Waals surface area contributed by atoms with E-state index in [1.54, 1.807) is 18.2 Å². The second-order valence-electron chi connectivity index (χ2n) is 4.63. The number of rotatable bonds is 9. The lowest BCUT2D eigenvalue weighted by Gasteiger charge is -2.19. The Labute approximate surface area is 136 Å². The summed E-state index contributed by atoms with van der Waals surface area (Å²) in [4.78, 5) is 0. The summed E-state index contributed by atoms with van der Waals surface area (Å²) in [7, 11) is -2.10. The fourth-order valence-electron chi connectivity index (χ4n) is 1.65. The van der Waals surface area contributed by atoms with E-state index in [1.165, 1.54) is 11.4 Å². The molecule has 21 heavy (non-hydrogen) atoms. The molecule has 0 aliphatic heterocycles. The van der Waals surface area contributed by atoms with Crippen LogP contribution in [-0.2, 0) is 10.2 Å². The smallest absolute Gasteiger partial charge is 0.301 e. The molecule has 1 aromatic carbocycles. The van der Waals surface area contributed by atoms with Crippen LogP contribution in [0.4, 0.5) is 5.69 Å². The van der Waals surface area contributed by atoms with Gasteiger partial charge in [-0.15, -0.1) is 0 Å². The lowest BCUT2D eigenvalue weighted by atomic mass is 10.3. The van der Waals surface area contributed by atoms with E-state index in [0.717, 1.165) is 25.9 Å². The lowest BCUT2D eigenvalue weighted by molar-refractivity contribution is 0.458. The van der Waals surface area contributed by atoms with Crippen LogP contribution in [0.3, 0.4) is 0 Å². The van der Waals surface area contributed by atoms with Crippen molar-refractivity contribution in [3.8, 4) is 0 Å². The minimum Gasteiger partial charge on any atom is -0.317 e. The van der Waals surface area contributed by atoms with Gasteiger partial charge in [0.15, 0.2) is 0 Å². The van der Waals surface area contributed by atoms with Crippen molar-refractivity contribution in [1.82, 2.24) is 9.62 Å². The van der Waals surface area contributed by atoms with E-state index < -0.39 is 10.2 Å². The Bertz CT molecular complexity index is 552. The summed E-state index contributed by atoms with van der Waals surface area (Å²) in [5, 5.41) is 3.73. The Morgan fingerprint density at radius 3 is 2.62 bits per heavy atom. The maximum Gasteiger partial charge on any atom is 0.301 e. The minimum absolute atomic E-state index is 0.195. The third kappa shape index (κ3) is 6.00. The first-order valence-corrected chi connectivity index (χ1v) is 8.97. The maximum atomic E-state index is 12.2. The van der Waals surface area contributed by atoms with Crippen molar-refractivity contribution in [2.75, 3.05) is 31.4 Å². The zero-order valence-electron chi connectivity index (χ0n) is 12.2. The molecule has 120 valence electrons. The minimum atomic E-state index is -3.63. The molecule has 0 spiro atoms. The maximum absolute atomic E-state index is 12.2. The average molecular weight is 354 g/mol. The zero-order valence-corrected chi connectivity index (χ0v) is 14.5. The van der Waals surface area contributed by atoms with Crippen molar-refractivity contribution in [2.45, 2.75) is 19.8 Å². The molecule has 0 unspecified atom stereocenters. The van der Waals surface area contributed by atoms with E-state index in [0.29, 0.717) is 11.6 Å². The van der Waals surface area contributed by atoms with Crippen LogP contribution in [0.2, 0.25) is 10.0 Å². The first-order chi connectivity index (χ1) is 9.88. The first kappa shape index (κ1) is 18.5. The Hall–Kier alpha value is -0.530. The van der Waals surface area contributed by atoms with Gasteiger partial charge in [0.25, 0.3) is 0 Å². The third-order valence-corrected chi connectivity index (χ3v) is 5.15. The Morgan fingerprint density at radius 2 is 1.95 bits per heavy atom. The summed E-state index contributed by atoms with van der Waals surface area (Å²) in [6.45, 7) is 4.23. The van der Waals surface area contributed by atoms with Crippen LogP contribution in [0.15, 0.2) is 18.2 Å². The molecular formula is C13H21Cl2N3O2S. The highest BCUT2D eigenvalue weighted by Gasteiger charge is 2.18. The SMILES string of the molecule is CCCNCCCN(C)S(=O)(=O)Nc1cccc(Cl)c1Cl. The molecule has 0 saturated carbocycles. The van der Waals surface area contributed by atoms with E-state index in [2.05, 4.69) is 17.0 Å². The van der Waals surface area contributed by atoms with E-state index in [4.69, 9.17) is 23.2 Å². The molecule has 0 saturated heterocycles. The van der Waals surface area contributed by atoms with Crippen LogP contribution < -0.4 is 10.0 Å². The fourth-order valence-corrected chi connectivity index (χ4v) is 3.03. The summed E-state index contributed by atoms with van der Waals surface area (Å²) in [5.41, 5.74) is 0.278. The number of hydrogen-bond acceptors (Lipinski definition) is 3. The number of nitrogens with zero attached hydrogens (tertiary/aromatic N) is 1. The van der Waals surface area contributed by atoms with E-state index in [9.17, 15) is 8.42 Å². The molecule has 5 nitrogen and oxygen atoms in total. The van der Waals surface area contributed by atoms with Crippen molar-refractivity contribution < 1.29 is 8.42 Å². The first-order valence-electron chi connectivity index (χ1n) is 6.77. The number of benzene rings is 1. The quantitative estimate of drug-likeness (QED) is 0.671. The molecule has 0 aliphatic carbocycles. The predicted molar refractivity (Wildman–Crippen MR) is 89.4 cm³/mol.